The number of fused-ring (bicyclic) bond motifs is 5. The minimum Gasteiger partial charge on any atom is -0.390 e. The van der Waals surface area contributed by atoms with Gasteiger partial charge in [0.25, 0.3) is 0 Å². The van der Waals surface area contributed by atoms with E-state index < -0.39 is 17.2 Å². The molecular weight excluding hydrogens is 420 g/mol. The molecule has 6 heteroatoms. The number of epoxide rings is 1. The van der Waals surface area contributed by atoms with E-state index in [0.717, 1.165) is 64.2 Å². The SMILES string of the molecule is CCCCC1(O)CC2(C)C(CCC23OCCO3)C2CC3OC34CC3(CCC4(C)C21)OCCO3. The number of aliphatic hydroxyl groups is 1. The van der Waals surface area contributed by atoms with Crippen molar-refractivity contribution in [3.8, 4) is 0 Å². The van der Waals surface area contributed by atoms with Crippen LogP contribution in [0.2, 0.25) is 0 Å². The molecule has 186 valence electrons. The maximum Gasteiger partial charge on any atom is 0.174 e. The molecule has 8 unspecified atom stereocenters. The Morgan fingerprint density at radius 3 is 2.33 bits per heavy atom. The number of hydrogen-bond donors (Lipinski definition) is 1. The summed E-state index contributed by atoms with van der Waals surface area (Å²) in [6.07, 6.45) is 9.92. The molecule has 1 N–H and O–H groups in total. The second kappa shape index (κ2) is 6.74. The van der Waals surface area contributed by atoms with E-state index in [0.29, 0.717) is 38.3 Å². The van der Waals surface area contributed by atoms with E-state index in [-0.39, 0.29) is 28.5 Å². The van der Waals surface area contributed by atoms with E-state index in [4.69, 9.17) is 23.7 Å². The summed E-state index contributed by atoms with van der Waals surface area (Å²) in [5.74, 6) is 0.225. The summed E-state index contributed by atoms with van der Waals surface area (Å²) in [6.45, 7) is 9.78. The van der Waals surface area contributed by atoms with E-state index in [9.17, 15) is 5.11 Å². The van der Waals surface area contributed by atoms with Crippen molar-refractivity contribution in [1.82, 2.24) is 0 Å². The van der Waals surface area contributed by atoms with Gasteiger partial charge in [-0.15, -0.1) is 0 Å². The molecule has 0 aromatic rings. The Morgan fingerprint density at radius 2 is 1.61 bits per heavy atom. The highest BCUT2D eigenvalue weighted by Gasteiger charge is 2.82. The van der Waals surface area contributed by atoms with E-state index in [1.165, 1.54) is 0 Å². The molecule has 0 aromatic carbocycles. The highest BCUT2D eigenvalue weighted by molar-refractivity contribution is 5.29. The number of unbranched alkanes of at least 4 members (excludes halogenated alkanes) is 1. The van der Waals surface area contributed by atoms with Crippen molar-refractivity contribution in [2.24, 2.45) is 28.6 Å². The van der Waals surface area contributed by atoms with E-state index in [1.54, 1.807) is 0 Å². The summed E-state index contributed by atoms with van der Waals surface area (Å²) in [6, 6.07) is 0. The van der Waals surface area contributed by atoms with Crippen LogP contribution in [0.15, 0.2) is 0 Å². The third-order valence-corrected chi connectivity index (χ3v) is 11.7. The first kappa shape index (κ1) is 22.0. The van der Waals surface area contributed by atoms with E-state index in [1.807, 2.05) is 0 Å². The summed E-state index contributed by atoms with van der Waals surface area (Å²) in [5, 5.41) is 12.7. The fraction of sp³-hybridized carbons (Fsp3) is 1.00. The molecule has 7 aliphatic rings. The van der Waals surface area contributed by atoms with Crippen molar-refractivity contribution in [1.29, 1.82) is 0 Å². The van der Waals surface area contributed by atoms with Crippen LogP contribution in [0.5, 0.6) is 0 Å². The zero-order chi connectivity index (χ0) is 22.7. The summed E-state index contributed by atoms with van der Waals surface area (Å²) in [7, 11) is 0. The normalized spacial score (nSPS) is 55.3. The van der Waals surface area contributed by atoms with Crippen molar-refractivity contribution in [3.63, 3.8) is 0 Å². The Morgan fingerprint density at radius 1 is 0.879 bits per heavy atom. The highest BCUT2D eigenvalue weighted by Crippen LogP contribution is 2.78. The van der Waals surface area contributed by atoms with Gasteiger partial charge in [0, 0.05) is 30.1 Å². The van der Waals surface area contributed by atoms with E-state index in [2.05, 4.69) is 20.8 Å². The first-order valence-corrected chi connectivity index (χ1v) is 13.7. The second-order valence-electron chi connectivity index (χ2n) is 13.0. The van der Waals surface area contributed by atoms with Gasteiger partial charge in [-0.25, -0.2) is 0 Å². The molecule has 8 atom stereocenters. The van der Waals surface area contributed by atoms with Crippen molar-refractivity contribution >= 4 is 0 Å². The van der Waals surface area contributed by atoms with Crippen molar-refractivity contribution in [2.45, 2.75) is 114 Å². The number of hydrogen-bond acceptors (Lipinski definition) is 6. The molecule has 7 rings (SSSR count). The molecule has 0 amide bonds. The van der Waals surface area contributed by atoms with Crippen LogP contribution in [0.3, 0.4) is 0 Å². The van der Waals surface area contributed by atoms with Crippen LogP contribution in [-0.2, 0) is 23.7 Å². The van der Waals surface area contributed by atoms with Gasteiger partial charge in [-0.1, -0.05) is 33.6 Å². The lowest BCUT2D eigenvalue weighted by Gasteiger charge is -2.65. The Bertz CT molecular complexity index is 819. The van der Waals surface area contributed by atoms with Gasteiger partial charge >= 0.3 is 0 Å². The van der Waals surface area contributed by atoms with Crippen LogP contribution in [0, 0.1) is 28.6 Å². The van der Waals surface area contributed by atoms with Gasteiger partial charge in [0.05, 0.1) is 38.1 Å². The molecule has 4 saturated carbocycles. The van der Waals surface area contributed by atoms with Crippen LogP contribution in [0.4, 0.5) is 0 Å². The lowest BCUT2D eigenvalue weighted by Crippen LogP contribution is -2.69. The average molecular weight is 463 g/mol. The molecule has 3 spiro atoms. The summed E-state index contributed by atoms with van der Waals surface area (Å²) >= 11 is 0. The van der Waals surface area contributed by atoms with Gasteiger partial charge in [0.2, 0.25) is 0 Å². The topological polar surface area (TPSA) is 69.7 Å². The molecule has 7 fully saturated rings. The lowest BCUT2D eigenvalue weighted by molar-refractivity contribution is -0.294. The maximum atomic E-state index is 12.7. The fourth-order valence-corrected chi connectivity index (χ4v) is 10.5. The first-order chi connectivity index (χ1) is 15.8. The van der Waals surface area contributed by atoms with Crippen LogP contribution < -0.4 is 0 Å². The monoisotopic (exact) mass is 462 g/mol. The van der Waals surface area contributed by atoms with Gasteiger partial charge in [0.1, 0.15) is 5.60 Å². The first-order valence-electron chi connectivity index (χ1n) is 13.7. The van der Waals surface area contributed by atoms with Crippen LogP contribution in [-0.4, -0.2) is 60.4 Å². The molecule has 3 saturated heterocycles. The van der Waals surface area contributed by atoms with Crippen LogP contribution in [0.25, 0.3) is 0 Å². The minimum absolute atomic E-state index is 0.0574. The molecule has 3 heterocycles. The average Bonchev–Trinajstić information content (AvgIpc) is 3.14. The third-order valence-electron chi connectivity index (χ3n) is 11.7. The quantitative estimate of drug-likeness (QED) is 0.635. The molecule has 0 radical (unpaired) electrons. The molecule has 4 aliphatic carbocycles. The molecule has 0 aromatic heterocycles. The van der Waals surface area contributed by atoms with Gasteiger partial charge < -0.3 is 28.8 Å². The zero-order valence-corrected chi connectivity index (χ0v) is 20.7. The Labute approximate surface area is 198 Å². The van der Waals surface area contributed by atoms with Crippen molar-refractivity contribution in [2.75, 3.05) is 26.4 Å². The molecular formula is C27H42O6. The zero-order valence-electron chi connectivity index (χ0n) is 20.7. The van der Waals surface area contributed by atoms with Gasteiger partial charge in [-0.2, -0.15) is 0 Å². The number of rotatable bonds is 3. The maximum absolute atomic E-state index is 12.7. The predicted octanol–water partition coefficient (Wildman–Crippen LogP) is 4.18. The highest BCUT2D eigenvalue weighted by atomic mass is 16.7. The molecule has 3 aliphatic heterocycles. The van der Waals surface area contributed by atoms with E-state index >= 15 is 0 Å². The lowest BCUT2D eigenvalue weighted by atomic mass is 9.40. The second-order valence-corrected chi connectivity index (χ2v) is 13.0. The molecule has 0 bridgehead atoms. The molecule has 6 nitrogen and oxygen atoms in total. The summed E-state index contributed by atoms with van der Waals surface area (Å²) in [4.78, 5) is 0. The Hall–Kier alpha value is -0.240. The fourth-order valence-electron chi connectivity index (χ4n) is 10.5. The third kappa shape index (κ3) is 2.56. The number of ether oxygens (including phenoxy) is 5. The largest absolute Gasteiger partial charge is 0.390 e. The van der Waals surface area contributed by atoms with Crippen molar-refractivity contribution < 1.29 is 28.8 Å². The summed E-state index contributed by atoms with van der Waals surface area (Å²) in [5.41, 5.74) is -1.13. The Balaban J connectivity index is 1.30. The summed E-state index contributed by atoms with van der Waals surface area (Å²) < 4.78 is 31.8. The van der Waals surface area contributed by atoms with Crippen molar-refractivity contribution in [3.05, 3.63) is 0 Å². The minimum atomic E-state index is -0.723. The van der Waals surface area contributed by atoms with Crippen LogP contribution >= 0.6 is 0 Å². The predicted molar refractivity (Wildman–Crippen MR) is 120 cm³/mol. The van der Waals surface area contributed by atoms with Crippen LogP contribution in [0.1, 0.15) is 85.0 Å². The van der Waals surface area contributed by atoms with Gasteiger partial charge in [-0.3, -0.25) is 0 Å². The standard InChI is InChI=1S/C27H42O6/c1-4-5-7-24(28)16-23(3)19(6-8-27(23)31-13-14-32-27)18-15-20-26(33-20)17-25(29-11-12-30-25)10-9-22(26,2)21(18)24/h18-21,28H,4-17H2,1-3H3. The Kier molecular flexibility index (Phi) is 4.49. The van der Waals surface area contributed by atoms with Gasteiger partial charge in [-0.05, 0) is 49.9 Å². The van der Waals surface area contributed by atoms with Gasteiger partial charge in [0.15, 0.2) is 11.6 Å². The molecule has 33 heavy (non-hydrogen) atoms. The smallest absolute Gasteiger partial charge is 0.174 e.